The van der Waals surface area contributed by atoms with Crippen LogP contribution in [0.3, 0.4) is 0 Å². The van der Waals surface area contributed by atoms with E-state index < -0.39 is 29.8 Å². The Morgan fingerprint density at radius 2 is 1.85 bits per heavy atom. The van der Waals surface area contributed by atoms with Crippen molar-refractivity contribution >= 4 is 17.7 Å². The van der Waals surface area contributed by atoms with E-state index in [0.29, 0.717) is 31.0 Å². The number of ketones is 1. The molecule has 4 aliphatic heterocycles. The fourth-order valence-corrected chi connectivity index (χ4v) is 10.2. The summed E-state index contributed by atoms with van der Waals surface area (Å²) in [5.74, 6) is -0.468. The number of carbonyl (C=O) groups is 3. The number of hydrogen-bond donors (Lipinski definition) is 1. The molecule has 47 heavy (non-hydrogen) atoms. The molecule has 3 saturated carbocycles. The van der Waals surface area contributed by atoms with Gasteiger partial charge in [-0.15, -0.1) is 0 Å². The molecule has 7 aliphatic rings. The van der Waals surface area contributed by atoms with Gasteiger partial charge in [0.2, 0.25) is 0 Å². The maximum atomic E-state index is 16.3. The number of alkyl halides is 1. The van der Waals surface area contributed by atoms with E-state index in [0.717, 1.165) is 38.8 Å². The van der Waals surface area contributed by atoms with Gasteiger partial charge in [-0.25, -0.2) is 4.39 Å². The van der Waals surface area contributed by atoms with Crippen molar-refractivity contribution in [3.05, 3.63) is 11.8 Å². The fourth-order valence-electron chi connectivity index (χ4n) is 10.2. The molecule has 0 bridgehead atoms. The van der Waals surface area contributed by atoms with Crippen LogP contribution in [0.1, 0.15) is 85.0 Å². The maximum absolute atomic E-state index is 16.3. The molecule has 3 aliphatic carbocycles. The summed E-state index contributed by atoms with van der Waals surface area (Å²) in [4.78, 5) is 49.0. The van der Waals surface area contributed by atoms with Gasteiger partial charge in [0, 0.05) is 31.2 Å². The van der Waals surface area contributed by atoms with Crippen LogP contribution in [0.25, 0.3) is 0 Å². The molecule has 3 saturated heterocycles. The second-order valence-corrected chi connectivity index (χ2v) is 16.5. The molecule has 0 spiro atoms. The van der Waals surface area contributed by atoms with Crippen LogP contribution in [0.5, 0.6) is 0 Å². The molecule has 0 radical (unpaired) electrons. The average molecular weight is 658 g/mol. The third-order valence-electron chi connectivity index (χ3n) is 12.4. The van der Waals surface area contributed by atoms with Gasteiger partial charge in [-0.05, 0) is 97.7 Å². The van der Waals surface area contributed by atoms with Crippen molar-refractivity contribution in [1.82, 2.24) is 24.9 Å². The Hall–Kier alpha value is -2.08. The van der Waals surface area contributed by atoms with Gasteiger partial charge < -0.3 is 29.5 Å². The lowest BCUT2D eigenvalue weighted by Crippen LogP contribution is -2.74. The van der Waals surface area contributed by atoms with Gasteiger partial charge in [0.1, 0.15) is 11.8 Å². The fraction of sp³-hybridized carbons (Fsp3) is 0.861. The molecule has 262 valence electrons. The minimum atomic E-state index is -1.23. The summed E-state index contributed by atoms with van der Waals surface area (Å²) in [6.07, 6.45) is 10.5. The van der Waals surface area contributed by atoms with E-state index in [1.807, 2.05) is 31.9 Å². The van der Waals surface area contributed by atoms with Gasteiger partial charge in [0.25, 0.3) is 5.91 Å². The van der Waals surface area contributed by atoms with Gasteiger partial charge in [0.15, 0.2) is 5.78 Å². The zero-order chi connectivity index (χ0) is 33.0. The molecule has 7 rings (SSSR count). The summed E-state index contributed by atoms with van der Waals surface area (Å²) in [5.41, 5.74) is -0.416. The number of ether oxygens (including phenoxy) is 2. The van der Waals surface area contributed by atoms with E-state index in [4.69, 9.17) is 9.47 Å². The number of hydrogen-bond acceptors (Lipinski definition) is 9. The van der Waals surface area contributed by atoms with Crippen molar-refractivity contribution in [3.8, 4) is 0 Å². The lowest BCUT2D eigenvalue weighted by molar-refractivity contribution is -0.220. The first-order chi connectivity index (χ1) is 22.5. The van der Waals surface area contributed by atoms with Crippen molar-refractivity contribution in [3.63, 3.8) is 0 Å². The highest BCUT2D eigenvalue weighted by atomic mass is 19.1. The molecule has 10 unspecified atom stereocenters. The van der Waals surface area contributed by atoms with E-state index in [1.165, 1.54) is 32.1 Å². The summed E-state index contributed by atoms with van der Waals surface area (Å²) in [6.45, 7) is 8.64. The molecule has 6 fully saturated rings. The zero-order valence-corrected chi connectivity index (χ0v) is 28.9. The lowest BCUT2D eigenvalue weighted by Gasteiger charge is -2.61. The minimum absolute atomic E-state index is 0.0246. The highest BCUT2D eigenvalue weighted by Gasteiger charge is 2.60. The van der Waals surface area contributed by atoms with Crippen LogP contribution in [0.4, 0.5) is 4.39 Å². The molecule has 10 nitrogen and oxygen atoms in total. The van der Waals surface area contributed by atoms with Gasteiger partial charge in [-0.1, -0.05) is 19.3 Å². The Bertz CT molecular complexity index is 1240. The monoisotopic (exact) mass is 657 g/mol. The number of amides is 1. The predicted molar refractivity (Wildman–Crippen MR) is 175 cm³/mol. The van der Waals surface area contributed by atoms with Gasteiger partial charge >= 0.3 is 5.97 Å². The van der Waals surface area contributed by atoms with E-state index >= 15 is 4.39 Å². The lowest BCUT2D eigenvalue weighted by atomic mass is 9.64. The minimum Gasteiger partial charge on any atom is -0.459 e. The summed E-state index contributed by atoms with van der Waals surface area (Å²) in [5, 5.41) is 3.60. The van der Waals surface area contributed by atoms with Crippen LogP contribution in [0.2, 0.25) is 0 Å². The van der Waals surface area contributed by atoms with Crippen molar-refractivity contribution in [2.24, 2.45) is 17.8 Å². The summed E-state index contributed by atoms with van der Waals surface area (Å²) in [7, 11) is 2.17. The number of nitrogens with one attached hydrogen (secondary N) is 1. The van der Waals surface area contributed by atoms with E-state index in [-0.39, 0.29) is 61.1 Å². The maximum Gasteiger partial charge on any atom is 0.320 e. The summed E-state index contributed by atoms with van der Waals surface area (Å²) < 4.78 is 28.9. The number of morpholine rings is 1. The molecule has 11 heteroatoms. The van der Waals surface area contributed by atoms with Crippen molar-refractivity contribution in [2.45, 2.75) is 133 Å². The molecule has 0 aromatic rings. The number of carbonyl (C=O) groups excluding carboxylic acids is 3. The Labute approximate surface area is 279 Å². The first kappa shape index (κ1) is 33.4. The smallest absolute Gasteiger partial charge is 0.320 e. The van der Waals surface area contributed by atoms with Crippen LogP contribution in [-0.2, 0) is 23.9 Å². The Morgan fingerprint density at radius 1 is 1.04 bits per heavy atom. The molecule has 1 N–H and O–H groups in total. The molecule has 10 atom stereocenters. The predicted octanol–water partition coefficient (Wildman–Crippen LogP) is 3.10. The first-order valence-electron chi connectivity index (χ1n) is 18.5. The van der Waals surface area contributed by atoms with Crippen molar-refractivity contribution in [1.29, 1.82) is 0 Å². The average Bonchev–Trinajstić information content (AvgIpc) is 3.66. The number of esters is 1. The molecular formula is C36H56FN5O5. The van der Waals surface area contributed by atoms with E-state index in [9.17, 15) is 14.4 Å². The molecule has 0 aromatic carbocycles. The number of likely N-dealkylation sites (tertiary alicyclic amines) is 1. The third kappa shape index (κ3) is 6.63. The van der Waals surface area contributed by atoms with E-state index in [1.54, 1.807) is 4.90 Å². The van der Waals surface area contributed by atoms with Gasteiger partial charge in [-0.3, -0.25) is 19.3 Å². The topological polar surface area (TPSA) is 94.7 Å². The Morgan fingerprint density at radius 3 is 2.62 bits per heavy atom. The van der Waals surface area contributed by atoms with E-state index in [2.05, 4.69) is 22.2 Å². The standard InChI is InChI=1S/C36H56FN5O5/c1-36(2,3)47-29(43)20-40-16-17-41(21-40)35(45)26-19-42-28-12-11-22-8-5-6-10-24(22)33(28)46-34-30(27(37)18-25(31(34)42)32(26)44)38-14-13-23-9-7-15-39(23)4/h19,22-25,27-28,30-31,33-34,38H,5-18,20-21H2,1-4H3. The Balaban J connectivity index is 1.12. The number of nitrogens with zero attached hydrogens (tertiary/aromatic N) is 4. The second kappa shape index (κ2) is 13.3. The first-order valence-corrected chi connectivity index (χ1v) is 18.5. The molecule has 1 amide bonds. The Kier molecular flexibility index (Phi) is 9.47. The molecular weight excluding hydrogens is 601 g/mol. The van der Waals surface area contributed by atoms with Crippen molar-refractivity contribution in [2.75, 3.05) is 46.4 Å². The third-order valence-corrected chi connectivity index (χ3v) is 12.4. The van der Waals surface area contributed by atoms with Crippen LogP contribution in [-0.4, -0.2) is 132 Å². The van der Waals surface area contributed by atoms with Crippen LogP contribution in [0.15, 0.2) is 11.8 Å². The zero-order valence-electron chi connectivity index (χ0n) is 28.9. The van der Waals surface area contributed by atoms with Crippen LogP contribution < -0.4 is 5.32 Å². The highest BCUT2D eigenvalue weighted by Crippen LogP contribution is 2.51. The number of rotatable bonds is 7. The number of Topliss-reactive ketones (excluding diaryl/α,β-unsaturated/α-hetero) is 1. The number of halogens is 1. The van der Waals surface area contributed by atoms with Gasteiger partial charge in [0.05, 0.1) is 49.1 Å². The van der Waals surface area contributed by atoms with Crippen LogP contribution >= 0.6 is 0 Å². The van der Waals surface area contributed by atoms with Crippen molar-refractivity contribution < 1.29 is 28.2 Å². The second-order valence-electron chi connectivity index (χ2n) is 16.5. The summed E-state index contributed by atoms with van der Waals surface area (Å²) >= 11 is 0. The normalized spacial score (nSPS) is 39.3. The largest absolute Gasteiger partial charge is 0.459 e. The van der Waals surface area contributed by atoms with Crippen LogP contribution in [0, 0.1) is 17.8 Å². The highest BCUT2D eigenvalue weighted by molar-refractivity contribution is 6.20. The molecule has 4 heterocycles. The molecule has 0 aromatic heterocycles. The summed E-state index contributed by atoms with van der Waals surface area (Å²) in [6, 6.07) is -0.153. The SMILES string of the molecule is CN1CCCC1CCNC1C(F)CC2C(=O)C(C(=O)N3CCN(CC(=O)OC(C)(C)C)C3)=CN3C4CCC5CCCCC5C4OC1C23. The quantitative estimate of drug-likeness (QED) is 0.328. The van der Waals surface area contributed by atoms with Gasteiger partial charge in [-0.2, -0.15) is 0 Å². The number of fused-ring (bicyclic) bond motifs is 4.